The number of carbonyl (C=O) groups is 3. The molecule has 3 N–H and O–H groups in total. The lowest BCUT2D eigenvalue weighted by atomic mass is 10.1. The summed E-state index contributed by atoms with van der Waals surface area (Å²) in [4.78, 5) is 36.1. The second-order valence-corrected chi connectivity index (χ2v) is 13.2. The van der Waals surface area contributed by atoms with Gasteiger partial charge in [-0.25, -0.2) is 0 Å². The third-order valence-corrected chi connectivity index (χ3v) is 8.59. The fraction of sp³-hybridized carbons (Fsp3) is 0.825. The molecule has 0 heterocycles. The van der Waals surface area contributed by atoms with Gasteiger partial charge >= 0.3 is 11.9 Å². The van der Waals surface area contributed by atoms with Crippen LogP contribution in [-0.2, 0) is 23.9 Å². The van der Waals surface area contributed by atoms with Crippen LogP contribution in [0.5, 0.6) is 0 Å². The van der Waals surface area contributed by atoms with E-state index in [2.05, 4.69) is 38.2 Å². The van der Waals surface area contributed by atoms with Crippen LogP contribution in [0.4, 0.5) is 0 Å². The van der Waals surface area contributed by atoms with Gasteiger partial charge in [0.1, 0.15) is 12.7 Å². The van der Waals surface area contributed by atoms with Crippen LogP contribution in [0, 0.1) is 0 Å². The third kappa shape index (κ3) is 32.2. The van der Waals surface area contributed by atoms with Crippen molar-refractivity contribution in [2.45, 2.75) is 206 Å². The lowest BCUT2D eigenvalue weighted by Gasteiger charge is -2.20. The van der Waals surface area contributed by atoms with Gasteiger partial charge in [0.2, 0.25) is 6.10 Å². The average Bonchev–Trinajstić information content (AvgIpc) is 3.05. The van der Waals surface area contributed by atoms with Gasteiger partial charge in [0.05, 0.1) is 0 Å². The van der Waals surface area contributed by atoms with Gasteiger partial charge in [-0.1, -0.05) is 141 Å². The molecule has 0 aromatic carbocycles. The van der Waals surface area contributed by atoms with Crippen molar-refractivity contribution in [1.29, 1.82) is 0 Å². The van der Waals surface area contributed by atoms with Gasteiger partial charge in [0.15, 0.2) is 0 Å². The number of aliphatic hydroxyl groups excluding tert-OH is 1. The molecule has 0 rings (SSSR count). The number of allylic oxidation sites excluding steroid dienone is 4. The number of carbonyl (C=O) groups excluding carboxylic acids is 3. The molecule has 0 saturated carbocycles. The highest BCUT2D eigenvalue weighted by Gasteiger charge is 2.29. The van der Waals surface area contributed by atoms with E-state index in [1.165, 1.54) is 89.9 Å². The van der Waals surface area contributed by atoms with Crippen LogP contribution in [0.2, 0.25) is 0 Å². The Bertz CT molecular complexity index is 796. The highest BCUT2D eigenvalue weighted by Crippen LogP contribution is 2.13. The molecule has 7 nitrogen and oxygen atoms in total. The lowest BCUT2D eigenvalue weighted by molar-refractivity contribution is -0.166. The van der Waals surface area contributed by atoms with Crippen LogP contribution < -0.4 is 5.73 Å². The van der Waals surface area contributed by atoms with Gasteiger partial charge in [-0.15, -0.1) is 0 Å². The number of amides is 1. The van der Waals surface area contributed by atoms with Crippen LogP contribution in [0.1, 0.15) is 194 Å². The fourth-order valence-electron chi connectivity index (χ4n) is 5.54. The minimum Gasteiger partial charge on any atom is -0.463 e. The zero-order valence-electron chi connectivity index (χ0n) is 30.5. The van der Waals surface area contributed by atoms with Crippen molar-refractivity contribution in [3.05, 3.63) is 24.3 Å². The number of hydrogen-bond donors (Lipinski definition) is 2. The van der Waals surface area contributed by atoms with Crippen LogP contribution in [0.3, 0.4) is 0 Å². The van der Waals surface area contributed by atoms with Crippen molar-refractivity contribution in [3.8, 4) is 0 Å². The van der Waals surface area contributed by atoms with E-state index in [0.29, 0.717) is 12.8 Å². The Morgan fingerprint density at radius 3 is 1.26 bits per heavy atom. The van der Waals surface area contributed by atoms with Crippen molar-refractivity contribution < 1.29 is 29.0 Å². The monoisotopic (exact) mass is 664 g/mol. The molecule has 2 atom stereocenters. The molecule has 0 bridgehead atoms. The fourth-order valence-corrected chi connectivity index (χ4v) is 5.54. The molecule has 0 aliphatic rings. The maximum Gasteiger partial charge on any atom is 0.306 e. The smallest absolute Gasteiger partial charge is 0.306 e. The third-order valence-electron chi connectivity index (χ3n) is 8.59. The summed E-state index contributed by atoms with van der Waals surface area (Å²) in [5, 5.41) is 10.3. The van der Waals surface area contributed by atoms with Crippen molar-refractivity contribution in [2.75, 3.05) is 6.61 Å². The highest BCUT2D eigenvalue weighted by molar-refractivity contribution is 5.83. The molecular weight excluding hydrogens is 590 g/mol. The highest BCUT2D eigenvalue weighted by atomic mass is 16.6. The average molecular weight is 664 g/mol. The number of rotatable bonds is 35. The van der Waals surface area contributed by atoms with E-state index in [-0.39, 0.29) is 12.8 Å². The molecule has 0 aromatic rings. The van der Waals surface area contributed by atoms with Crippen molar-refractivity contribution in [3.63, 3.8) is 0 Å². The van der Waals surface area contributed by atoms with E-state index in [4.69, 9.17) is 15.2 Å². The number of ether oxygens (including phenoxy) is 2. The van der Waals surface area contributed by atoms with E-state index in [0.717, 1.165) is 64.2 Å². The Labute approximate surface area is 288 Å². The number of aliphatic hydroxyl groups is 1. The van der Waals surface area contributed by atoms with Gasteiger partial charge in [0, 0.05) is 12.8 Å². The first-order valence-corrected chi connectivity index (χ1v) is 19.5. The van der Waals surface area contributed by atoms with Crippen LogP contribution >= 0.6 is 0 Å². The van der Waals surface area contributed by atoms with Crippen LogP contribution in [-0.4, -0.2) is 41.8 Å². The molecular formula is C40H73NO6. The summed E-state index contributed by atoms with van der Waals surface area (Å²) in [6, 6.07) is 0. The normalized spacial score (nSPS) is 12.9. The second-order valence-electron chi connectivity index (χ2n) is 13.2. The molecule has 0 aliphatic carbocycles. The van der Waals surface area contributed by atoms with E-state index >= 15 is 0 Å². The molecule has 1 amide bonds. The second kappa shape index (κ2) is 35.2. The van der Waals surface area contributed by atoms with E-state index < -0.39 is 36.7 Å². The SMILES string of the molecule is CCCCCCCC/C=C\CCCCCCCC(=O)OCC(O)C(OC(=O)CCCCCCC/C=C\CCCCCCCC)C(N)=O. The molecule has 7 heteroatoms. The predicted octanol–water partition coefficient (Wildman–Crippen LogP) is 10.4. The van der Waals surface area contributed by atoms with Gasteiger partial charge in [0.25, 0.3) is 5.91 Å². The summed E-state index contributed by atoms with van der Waals surface area (Å²) in [5.41, 5.74) is 5.35. The van der Waals surface area contributed by atoms with E-state index in [1.54, 1.807) is 0 Å². The number of primary amides is 1. The summed E-state index contributed by atoms with van der Waals surface area (Å²) in [6.07, 6.45) is 37.0. The first kappa shape index (κ1) is 44.9. The minimum atomic E-state index is -1.53. The zero-order valence-corrected chi connectivity index (χ0v) is 30.5. The quantitative estimate of drug-likeness (QED) is 0.0396. The maximum absolute atomic E-state index is 12.2. The van der Waals surface area contributed by atoms with Gasteiger partial charge in [-0.3, -0.25) is 14.4 Å². The van der Waals surface area contributed by atoms with Crippen LogP contribution in [0.25, 0.3) is 0 Å². The molecule has 274 valence electrons. The van der Waals surface area contributed by atoms with Gasteiger partial charge in [-0.2, -0.15) is 0 Å². The number of nitrogens with two attached hydrogens (primary N) is 1. The molecule has 2 unspecified atom stereocenters. The summed E-state index contributed by atoms with van der Waals surface area (Å²) in [7, 11) is 0. The largest absolute Gasteiger partial charge is 0.463 e. The Morgan fingerprint density at radius 1 is 0.532 bits per heavy atom. The summed E-state index contributed by atoms with van der Waals surface area (Å²) >= 11 is 0. The standard InChI is InChI=1S/C40H73NO6/c1-3-5-7-9-11-13-15-17-19-21-23-25-27-29-31-33-37(43)46-35-36(42)39(40(41)45)47-38(44)34-32-30-28-26-24-22-20-18-16-14-12-10-8-6-4-2/h17-20,36,39,42H,3-16,21-35H2,1-2H3,(H2,41,45)/b19-17-,20-18-. The Kier molecular flexibility index (Phi) is 33.6. The van der Waals surface area contributed by atoms with Crippen molar-refractivity contribution in [2.24, 2.45) is 5.73 Å². The van der Waals surface area contributed by atoms with Crippen molar-refractivity contribution >= 4 is 17.8 Å². The maximum atomic E-state index is 12.2. The summed E-state index contributed by atoms with van der Waals surface area (Å²) in [5.74, 6) is -1.97. The summed E-state index contributed by atoms with van der Waals surface area (Å²) < 4.78 is 10.3. The molecule has 0 fully saturated rings. The Hall–Kier alpha value is -2.15. The summed E-state index contributed by atoms with van der Waals surface area (Å²) in [6.45, 7) is 4.06. The predicted molar refractivity (Wildman–Crippen MR) is 195 cm³/mol. The van der Waals surface area contributed by atoms with Gasteiger partial charge in [-0.05, 0) is 64.2 Å². The molecule has 0 aliphatic heterocycles. The van der Waals surface area contributed by atoms with E-state index in [9.17, 15) is 19.5 Å². The van der Waals surface area contributed by atoms with Crippen molar-refractivity contribution in [1.82, 2.24) is 0 Å². The topological polar surface area (TPSA) is 116 Å². The minimum absolute atomic E-state index is 0.157. The van der Waals surface area contributed by atoms with Gasteiger partial charge < -0.3 is 20.3 Å². The first-order valence-electron chi connectivity index (χ1n) is 19.5. The van der Waals surface area contributed by atoms with Crippen LogP contribution in [0.15, 0.2) is 24.3 Å². The lowest BCUT2D eigenvalue weighted by Crippen LogP contribution is -2.44. The Morgan fingerprint density at radius 2 is 0.872 bits per heavy atom. The zero-order chi connectivity index (χ0) is 34.6. The first-order chi connectivity index (χ1) is 22.9. The molecule has 0 spiro atoms. The Balaban J connectivity index is 3.81. The van der Waals surface area contributed by atoms with E-state index in [1.807, 2.05) is 0 Å². The molecule has 47 heavy (non-hydrogen) atoms. The number of hydrogen-bond acceptors (Lipinski definition) is 6. The molecule has 0 aromatic heterocycles. The molecule has 0 saturated heterocycles. The number of esters is 2. The number of unbranched alkanes of at least 4 members (excludes halogenated alkanes) is 22. The molecule has 0 radical (unpaired) electrons.